The zero-order chi connectivity index (χ0) is 12.1. The highest BCUT2D eigenvalue weighted by atomic mass is 35.5. The molecule has 0 unspecified atom stereocenters. The van der Waals surface area contributed by atoms with Gasteiger partial charge in [-0.2, -0.15) is 0 Å². The first-order valence-electron chi connectivity index (χ1n) is 5.41. The van der Waals surface area contributed by atoms with Crippen LogP contribution < -0.4 is 5.32 Å². The van der Waals surface area contributed by atoms with Gasteiger partial charge in [-0.1, -0.05) is 36.2 Å². The summed E-state index contributed by atoms with van der Waals surface area (Å²) in [6.07, 6.45) is 0.484. The maximum absolute atomic E-state index is 9.92. The van der Waals surface area contributed by atoms with Gasteiger partial charge in [0, 0.05) is 12.6 Å². The van der Waals surface area contributed by atoms with Crippen LogP contribution in [0.4, 0.5) is 0 Å². The molecule has 2 nitrogen and oxygen atoms in total. The van der Waals surface area contributed by atoms with Crippen molar-refractivity contribution in [1.82, 2.24) is 5.32 Å². The van der Waals surface area contributed by atoms with Gasteiger partial charge in [-0.05, 0) is 31.0 Å². The van der Waals surface area contributed by atoms with Crippen molar-refractivity contribution < 1.29 is 5.11 Å². The van der Waals surface area contributed by atoms with Gasteiger partial charge in [-0.25, -0.2) is 0 Å². The molecule has 1 rings (SSSR count). The second-order valence-corrected chi connectivity index (χ2v) is 4.72. The molecule has 0 saturated carbocycles. The van der Waals surface area contributed by atoms with Crippen LogP contribution in [0.1, 0.15) is 31.9 Å². The van der Waals surface area contributed by atoms with E-state index in [1.807, 2.05) is 0 Å². The van der Waals surface area contributed by atoms with Gasteiger partial charge in [0.2, 0.25) is 0 Å². The number of benzene rings is 1. The summed E-state index contributed by atoms with van der Waals surface area (Å²) in [5.74, 6) is 0. The number of aliphatic hydroxyl groups excluding tert-OH is 1. The van der Waals surface area contributed by atoms with Crippen LogP contribution >= 0.6 is 23.2 Å². The molecule has 1 aromatic rings. The lowest BCUT2D eigenvalue weighted by molar-refractivity contribution is 0.170. The van der Waals surface area contributed by atoms with Gasteiger partial charge in [-0.3, -0.25) is 0 Å². The molecule has 0 aliphatic carbocycles. The lowest BCUT2D eigenvalue weighted by Crippen LogP contribution is -2.29. The van der Waals surface area contributed by atoms with Gasteiger partial charge in [0.15, 0.2) is 0 Å². The van der Waals surface area contributed by atoms with Crippen LogP contribution in [0.15, 0.2) is 18.2 Å². The third kappa shape index (κ3) is 3.95. The first-order valence-corrected chi connectivity index (χ1v) is 6.16. The normalized spacial score (nSPS) is 14.8. The minimum Gasteiger partial charge on any atom is -0.387 e. The van der Waals surface area contributed by atoms with E-state index in [4.69, 9.17) is 23.2 Å². The van der Waals surface area contributed by atoms with Crippen LogP contribution in [0.5, 0.6) is 0 Å². The zero-order valence-corrected chi connectivity index (χ0v) is 11.0. The van der Waals surface area contributed by atoms with Crippen molar-refractivity contribution in [3.05, 3.63) is 33.8 Å². The second kappa shape index (κ2) is 6.45. The molecule has 0 amide bonds. The number of hydrogen-bond donors (Lipinski definition) is 2. The van der Waals surface area contributed by atoms with Crippen molar-refractivity contribution in [3.8, 4) is 0 Å². The molecule has 0 fully saturated rings. The highest BCUT2D eigenvalue weighted by Crippen LogP contribution is 2.25. The van der Waals surface area contributed by atoms with E-state index in [0.29, 0.717) is 22.6 Å². The van der Waals surface area contributed by atoms with E-state index in [9.17, 15) is 5.11 Å². The smallest absolute Gasteiger partial charge is 0.0915 e. The Bertz CT molecular complexity index is 344. The summed E-state index contributed by atoms with van der Waals surface area (Å²) in [6, 6.07) is 5.59. The number of nitrogens with one attached hydrogen (secondary N) is 1. The number of hydrogen-bond acceptors (Lipinski definition) is 2. The van der Waals surface area contributed by atoms with Crippen LogP contribution in [0.3, 0.4) is 0 Å². The molecule has 1 aromatic carbocycles. The van der Waals surface area contributed by atoms with Gasteiger partial charge in [0.25, 0.3) is 0 Å². The maximum Gasteiger partial charge on any atom is 0.0915 e. The average molecular weight is 262 g/mol. The minimum absolute atomic E-state index is 0.400. The highest BCUT2D eigenvalue weighted by molar-refractivity contribution is 6.42. The summed E-state index contributed by atoms with van der Waals surface area (Å²) >= 11 is 11.7. The standard InChI is InChI=1S/C12H17Cl2NO/c1-3-8(2)15-7-12(16)9-4-5-10(13)11(14)6-9/h4-6,8,12,15-16H,3,7H2,1-2H3/t8-,12+/m0/s1. The van der Waals surface area contributed by atoms with Gasteiger partial charge in [-0.15, -0.1) is 0 Å². The van der Waals surface area contributed by atoms with Gasteiger partial charge in [0.1, 0.15) is 0 Å². The van der Waals surface area contributed by atoms with Crippen LogP contribution in [0, 0.1) is 0 Å². The first kappa shape index (κ1) is 13.8. The van der Waals surface area contributed by atoms with Crippen molar-refractivity contribution in [2.24, 2.45) is 0 Å². The molecular formula is C12H17Cl2NO. The van der Waals surface area contributed by atoms with E-state index in [1.165, 1.54) is 0 Å². The molecule has 0 aliphatic rings. The van der Waals surface area contributed by atoms with Crippen LogP contribution in [-0.2, 0) is 0 Å². The largest absolute Gasteiger partial charge is 0.387 e. The molecule has 0 saturated heterocycles. The SMILES string of the molecule is CC[C@H](C)NC[C@@H](O)c1ccc(Cl)c(Cl)c1. The average Bonchev–Trinajstić information content (AvgIpc) is 2.29. The van der Waals surface area contributed by atoms with Gasteiger partial charge in [0.05, 0.1) is 16.1 Å². The second-order valence-electron chi connectivity index (χ2n) is 3.91. The van der Waals surface area contributed by atoms with Crippen LogP contribution in [0.25, 0.3) is 0 Å². The van der Waals surface area contributed by atoms with Crippen molar-refractivity contribution >= 4 is 23.2 Å². The molecule has 16 heavy (non-hydrogen) atoms. The third-order valence-electron chi connectivity index (χ3n) is 2.60. The Balaban J connectivity index is 2.59. The summed E-state index contributed by atoms with van der Waals surface area (Å²) in [4.78, 5) is 0. The van der Waals surface area contributed by atoms with Gasteiger partial charge < -0.3 is 10.4 Å². The fourth-order valence-electron chi connectivity index (χ4n) is 1.29. The highest BCUT2D eigenvalue weighted by Gasteiger charge is 2.10. The lowest BCUT2D eigenvalue weighted by atomic mass is 10.1. The summed E-state index contributed by atoms with van der Waals surface area (Å²) in [7, 11) is 0. The van der Waals surface area contributed by atoms with Gasteiger partial charge >= 0.3 is 0 Å². The molecule has 0 spiro atoms. The molecule has 4 heteroatoms. The molecular weight excluding hydrogens is 245 g/mol. The Morgan fingerprint density at radius 2 is 2.00 bits per heavy atom. The number of aliphatic hydroxyl groups is 1. The van der Waals surface area contributed by atoms with E-state index >= 15 is 0 Å². The first-order chi connectivity index (χ1) is 7.54. The fraction of sp³-hybridized carbons (Fsp3) is 0.500. The topological polar surface area (TPSA) is 32.3 Å². The van der Waals surface area contributed by atoms with Crippen LogP contribution in [0.2, 0.25) is 10.0 Å². The van der Waals surface area contributed by atoms with E-state index in [2.05, 4.69) is 19.2 Å². The molecule has 0 aliphatic heterocycles. The molecule has 2 atom stereocenters. The van der Waals surface area contributed by atoms with E-state index in [1.54, 1.807) is 18.2 Å². The zero-order valence-electron chi connectivity index (χ0n) is 9.50. The Labute approximate surface area is 107 Å². The summed E-state index contributed by atoms with van der Waals surface area (Å²) in [5.41, 5.74) is 0.783. The van der Waals surface area contributed by atoms with Crippen molar-refractivity contribution in [3.63, 3.8) is 0 Å². The Hall–Kier alpha value is -0.280. The van der Waals surface area contributed by atoms with Crippen LogP contribution in [-0.4, -0.2) is 17.7 Å². The van der Waals surface area contributed by atoms with E-state index in [0.717, 1.165) is 12.0 Å². The monoisotopic (exact) mass is 261 g/mol. The molecule has 0 heterocycles. The number of halogens is 2. The molecule has 0 aromatic heterocycles. The minimum atomic E-state index is -0.552. The third-order valence-corrected chi connectivity index (χ3v) is 3.34. The molecule has 0 radical (unpaired) electrons. The summed E-state index contributed by atoms with van der Waals surface area (Å²) in [6.45, 7) is 4.71. The Kier molecular flexibility index (Phi) is 5.56. The van der Waals surface area contributed by atoms with E-state index < -0.39 is 6.10 Å². The number of rotatable bonds is 5. The lowest BCUT2D eigenvalue weighted by Gasteiger charge is -2.16. The predicted molar refractivity (Wildman–Crippen MR) is 69.2 cm³/mol. The molecule has 0 bridgehead atoms. The molecule has 2 N–H and O–H groups in total. The fourth-order valence-corrected chi connectivity index (χ4v) is 1.60. The van der Waals surface area contributed by atoms with Crippen molar-refractivity contribution in [2.45, 2.75) is 32.4 Å². The summed E-state index contributed by atoms with van der Waals surface area (Å²) in [5, 5.41) is 14.1. The Morgan fingerprint density at radius 3 is 2.56 bits per heavy atom. The van der Waals surface area contributed by atoms with E-state index in [-0.39, 0.29) is 0 Å². The van der Waals surface area contributed by atoms with Crippen molar-refractivity contribution in [2.75, 3.05) is 6.54 Å². The molecule has 90 valence electrons. The summed E-state index contributed by atoms with van der Waals surface area (Å²) < 4.78 is 0. The van der Waals surface area contributed by atoms with Crippen molar-refractivity contribution in [1.29, 1.82) is 0 Å². The quantitative estimate of drug-likeness (QED) is 0.852. The predicted octanol–water partition coefficient (Wildman–Crippen LogP) is 3.41. The maximum atomic E-state index is 9.92. The Morgan fingerprint density at radius 1 is 1.31 bits per heavy atom.